The van der Waals surface area contributed by atoms with Crippen molar-refractivity contribution in [3.8, 4) is 0 Å². The van der Waals surface area contributed by atoms with E-state index in [9.17, 15) is 4.79 Å². The summed E-state index contributed by atoms with van der Waals surface area (Å²) in [4.78, 5) is 20.8. The van der Waals surface area contributed by atoms with E-state index in [1.165, 1.54) is 11.3 Å². The van der Waals surface area contributed by atoms with Gasteiger partial charge >= 0.3 is 5.97 Å². The molecule has 0 amide bonds. The molecule has 3 heterocycles. The maximum Gasteiger partial charge on any atom is 0.341 e. The Balaban J connectivity index is 1.87. The lowest BCUT2D eigenvalue weighted by atomic mass is 9.78. The Morgan fingerprint density at radius 3 is 2.50 bits per heavy atom. The van der Waals surface area contributed by atoms with Crippen molar-refractivity contribution in [1.29, 1.82) is 0 Å². The number of hydrogen-bond donors (Lipinski definition) is 0. The maximum atomic E-state index is 13.5. The minimum Gasteiger partial charge on any atom is -0.439 e. The molecule has 4 aromatic rings. The summed E-state index contributed by atoms with van der Waals surface area (Å²) in [5.41, 5.74) is 6.86. The first-order valence-corrected chi connectivity index (χ1v) is 14.2. The molecule has 0 bridgehead atoms. The molecule has 38 heavy (non-hydrogen) atoms. The van der Waals surface area contributed by atoms with Crippen molar-refractivity contribution in [1.82, 2.24) is 9.55 Å². The summed E-state index contributed by atoms with van der Waals surface area (Å²) in [6, 6.07) is 18.8. The van der Waals surface area contributed by atoms with E-state index in [1.54, 1.807) is 6.20 Å². The SMILES string of the molecule is CCCCCc1cc(N(CC)CC)ccc1C1(c2c(C)n(CC)c3ccccc23)OC(=O)c2cccnc21. The number of esters is 1. The van der Waals surface area contributed by atoms with Crippen LogP contribution in [0.4, 0.5) is 5.69 Å². The first kappa shape index (κ1) is 26.0. The van der Waals surface area contributed by atoms with Crippen LogP contribution in [-0.2, 0) is 23.3 Å². The molecule has 5 rings (SSSR count). The number of fused-ring (bicyclic) bond motifs is 2. The molecule has 1 unspecified atom stereocenters. The van der Waals surface area contributed by atoms with Crippen molar-refractivity contribution < 1.29 is 9.53 Å². The number of unbranched alkanes of at least 4 members (excludes halogenated alkanes) is 2. The lowest BCUT2D eigenvalue weighted by molar-refractivity contribution is 0.0243. The summed E-state index contributed by atoms with van der Waals surface area (Å²) in [5, 5.41) is 1.10. The lowest BCUT2D eigenvalue weighted by Gasteiger charge is -2.33. The van der Waals surface area contributed by atoms with Crippen molar-refractivity contribution in [2.45, 2.75) is 72.4 Å². The topological polar surface area (TPSA) is 47.4 Å². The maximum absolute atomic E-state index is 13.5. The molecule has 198 valence electrons. The summed E-state index contributed by atoms with van der Waals surface area (Å²) in [5.74, 6) is -0.312. The number of ether oxygens (including phenoxy) is 1. The second kappa shape index (κ2) is 10.6. The molecule has 0 radical (unpaired) electrons. The van der Waals surface area contributed by atoms with Crippen LogP contribution in [0.25, 0.3) is 10.9 Å². The number of anilines is 1. The first-order chi connectivity index (χ1) is 18.5. The molecule has 2 aromatic carbocycles. The molecule has 0 saturated heterocycles. The van der Waals surface area contributed by atoms with Crippen LogP contribution in [0.2, 0.25) is 0 Å². The zero-order chi connectivity index (χ0) is 26.9. The molecule has 2 aromatic heterocycles. The number of cyclic esters (lactones) is 1. The highest BCUT2D eigenvalue weighted by Crippen LogP contribution is 2.51. The highest BCUT2D eigenvalue weighted by molar-refractivity contribution is 5.98. The van der Waals surface area contributed by atoms with E-state index in [0.29, 0.717) is 11.3 Å². The van der Waals surface area contributed by atoms with Gasteiger partial charge in [-0.05, 0) is 76.4 Å². The van der Waals surface area contributed by atoms with Gasteiger partial charge in [-0.25, -0.2) is 4.79 Å². The standard InChI is InChI=1S/C33H39N3O2/c1-6-10-11-15-24-22-25(35(7-2)8-3)19-20-28(24)33(31-27(32(37)38-33)17-14-21-34-31)30-23(5)36(9-4)29-18-13-12-16-26(29)30/h12-14,16-22H,6-11,15H2,1-5H3. The van der Waals surface area contributed by atoms with Gasteiger partial charge in [-0.3, -0.25) is 4.98 Å². The summed E-state index contributed by atoms with van der Waals surface area (Å²) < 4.78 is 8.93. The van der Waals surface area contributed by atoms with Gasteiger partial charge in [0.1, 0.15) is 5.69 Å². The van der Waals surface area contributed by atoms with E-state index in [-0.39, 0.29) is 5.97 Å². The van der Waals surface area contributed by atoms with Crippen LogP contribution in [0.5, 0.6) is 0 Å². The van der Waals surface area contributed by atoms with Gasteiger partial charge in [0, 0.05) is 59.2 Å². The fourth-order valence-corrected chi connectivity index (χ4v) is 6.34. The average molecular weight is 510 g/mol. The van der Waals surface area contributed by atoms with E-state index in [0.717, 1.165) is 73.0 Å². The van der Waals surface area contributed by atoms with E-state index < -0.39 is 5.60 Å². The molecule has 1 aliphatic rings. The number of carbonyl (C=O) groups is 1. The number of hydrogen-bond acceptors (Lipinski definition) is 4. The monoisotopic (exact) mass is 509 g/mol. The summed E-state index contributed by atoms with van der Waals surface area (Å²) in [6.45, 7) is 13.6. The van der Waals surface area contributed by atoms with Crippen molar-refractivity contribution in [2.24, 2.45) is 0 Å². The number of para-hydroxylation sites is 1. The van der Waals surface area contributed by atoms with Crippen molar-refractivity contribution in [2.75, 3.05) is 18.0 Å². The van der Waals surface area contributed by atoms with E-state index >= 15 is 0 Å². The van der Waals surface area contributed by atoms with Crippen LogP contribution >= 0.6 is 0 Å². The minimum absolute atomic E-state index is 0.312. The van der Waals surface area contributed by atoms with Gasteiger partial charge in [-0.1, -0.05) is 44.0 Å². The lowest BCUT2D eigenvalue weighted by Crippen LogP contribution is -2.33. The van der Waals surface area contributed by atoms with E-state index in [1.807, 2.05) is 12.1 Å². The third-order valence-electron chi connectivity index (χ3n) is 8.15. The van der Waals surface area contributed by atoms with Crippen LogP contribution in [0.3, 0.4) is 0 Å². The fourth-order valence-electron chi connectivity index (χ4n) is 6.34. The highest BCUT2D eigenvalue weighted by Gasteiger charge is 2.53. The second-order valence-electron chi connectivity index (χ2n) is 10.2. The summed E-state index contributed by atoms with van der Waals surface area (Å²) in [7, 11) is 0. The molecule has 0 saturated carbocycles. The Labute approximate surface area is 226 Å². The third-order valence-corrected chi connectivity index (χ3v) is 8.15. The largest absolute Gasteiger partial charge is 0.439 e. The van der Waals surface area contributed by atoms with Crippen LogP contribution in [0.15, 0.2) is 60.8 Å². The zero-order valence-electron chi connectivity index (χ0n) is 23.4. The molecule has 0 spiro atoms. The molecule has 1 atom stereocenters. The van der Waals surface area contributed by atoms with Gasteiger partial charge in [-0.2, -0.15) is 0 Å². The van der Waals surface area contributed by atoms with Crippen molar-refractivity contribution >= 4 is 22.6 Å². The molecule has 0 fully saturated rings. The molecular formula is C33H39N3O2. The first-order valence-electron chi connectivity index (χ1n) is 14.2. The Kier molecular flexibility index (Phi) is 7.29. The Morgan fingerprint density at radius 2 is 1.76 bits per heavy atom. The quantitative estimate of drug-likeness (QED) is 0.165. The number of benzene rings is 2. The van der Waals surface area contributed by atoms with Gasteiger partial charge in [0.15, 0.2) is 0 Å². The Morgan fingerprint density at radius 1 is 0.974 bits per heavy atom. The van der Waals surface area contributed by atoms with Crippen LogP contribution in [0, 0.1) is 6.92 Å². The number of aryl methyl sites for hydroxylation is 2. The number of pyridine rings is 1. The summed E-state index contributed by atoms with van der Waals surface area (Å²) >= 11 is 0. The molecule has 5 heteroatoms. The summed E-state index contributed by atoms with van der Waals surface area (Å²) in [6.07, 6.45) is 6.10. The Bertz CT molecular complexity index is 1470. The van der Waals surface area contributed by atoms with Gasteiger partial charge < -0.3 is 14.2 Å². The van der Waals surface area contributed by atoms with Gasteiger partial charge in [0.25, 0.3) is 0 Å². The number of nitrogens with zero attached hydrogens (tertiary/aromatic N) is 3. The smallest absolute Gasteiger partial charge is 0.341 e. The second-order valence-corrected chi connectivity index (χ2v) is 10.2. The van der Waals surface area contributed by atoms with Gasteiger partial charge in [0.05, 0.1) is 5.56 Å². The molecular weight excluding hydrogens is 470 g/mol. The van der Waals surface area contributed by atoms with Crippen LogP contribution in [-0.4, -0.2) is 28.6 Å². The van der Waals surface area contributed by atoms with Crippen molar-refractivity contribution in [3.63, 3.8) is 0 Å². The highest BCUT2D eigenvalue weighted by atomic mass is 16.6. The average Bonchev–Trinajstić information content (AvgIpc) is 3.40. The van der Waals surface area contributed by atoms with E-state index in [2.05, 4.69) is 86.6 Å². The normalized spacial score (nSPS) is 16.6. The third kappa shape index (κ3) is 4.00. The number of carbonyl (C=O) groups excluding carboxylic acids is 1. The van der Waals surface area contributed by atoms with Gasteiger partial charge in [0.2, 0.25) is 5.60 Å². The van der Waals surface area contributed by atoms with Crippen molar-refractivity contribution in [3.05, 3.63) is 94.4 Å². The molecule has 5 nitrogen and oxygen atoms in total. The molecule has 0 N–H and O–H groups in total. The predicted octanol–water partition coefficient (Wildman–Crippen LogP) is 7.41. The number of aromatic nitrogens is 2. The van der Waals surface area contributed by atoms with Crippen LogP contribution < -0.4 is 4.90 Å². The number of rotatable bonds is 10. The fraction of sp³-hybridized carbons (Fsp3) is 0.394. The zero-order valence-corrected chi connectivity index (χ0v) is 23.4. The Hall–Kier alpha value is -3.60. The molecule has 1 aliphatic heterocycles. The minimum atomic E-state index is -1.11. The van der Waals surface area contributed by atoms with Gasteiger partial charge in [-0.15, -0.1) is 0 Å². The predicted molar refractivity (Wildman–Crippen MR) is 155 cm³/mol. The van der Waals surface area contributed by atoms with Crippen LogP contribution in [0.1, 0.15) is 85.4 Å². The molecule has 0 aliphatic carbocycles. The van der Waals surface area contributed by atoms with E-state index in [4.69, 9.17) is 9.72 Å².